The van der Waals surface area contributed by atoms with E-state index < -0.39 is 11.8 Å². The first-order chi connectivity index (χ1) is 10.5. The molecule has 22 heavy (non-hydrogen) atoms. The van der Waals surface area contributed by atoms with Crippen molar-refractivity contribution in [3.8, 4) is 5.75 Å². The molecule has 0 aliphatic rings. The van der Waals surface area contributed by atoms with Crippen LogP contribution in [0.25, 0.3) is 0 Å². The molecule has 0 saturated heterocycles. The molecule has 0 spiro atoms. The number of aromatic amines is 1. The number of rotatable bonds is 3. The minimum atomic E-state index is -0.586. The molecule has 0 bridgehead atoms. The van der Waals surface area contributed by atoms with Crippen LogP contribution < -0.4 is 21.1 Å². The minimum Gasteiger partial charge on any atom is -0.496 e. The van der Waals surface area contributed by atoms with Crippen LogP contribution in [-0.2, 0) is 0 Å². The second-order valence-corrected chi connectivity index (χ2v) is 4.63. The summed E-state index contributed by atoms with van der Waals surface area (Å²) < 4.78 is 5.05. The predicted octanol–water partition coefficient (Wildman–Crippen LogP) is 1.11. The number of hydrazine groups is 1. The van der Waals surface area contributed by atoms with E-state index in [1.807, 2.05) is 0 Å². The fraction of sp³-hybridized carbons (Fsp3) is 0.0714. The van der Waals surface area contributed by atoms with Gasteiger partial charge in [-0.2, -0.15) is 0 Å². The maximum absolute atomic E-state index is 12.0. The Morgan fingerprint density at radius 2 is 1.86 bits per heavy atom. The Bertz CT molecular complexity index is 752. The molecule has 2 aromatic rings. The summed E-state index contributed by atoms with van der Waals surface area (Å²) in [6.45, 7) is 0. The van der Waals surface area contributed by atoms with E-state index in [9.17, 15) is 14.4 Å². The summed E-state index contributed by atoms with van der Waals surface area (Å²) in [5, 5.41) is 0.359. The second kappa shape index (κ2) is 6.77. The zero-order valence-corrected chi connectivity index (χ0v) is 12.2. The van der Waals surface area contributed by atoms with E-state index >= 15 is 0 Å². The maximum atomic E-state index is 12.0. The Hall–Kier alpha value is -2.80. The fourth-order valence-corrected chi connectivity index (χ4v) is 1.83. The largest absolute Gasteiger partial charge is 0.496 e. The van der Waals surface area contributed by atoms with Gasteiger partial charge in [-0.25, -0.2) is 0 Å². The van der Waals surface area contributed by atoms with Crippen LogP contribution in [0.3, 0.4) is 0 Å². The monoisotopic (exact) mass is 321 g/mol. The van der Waals surface area contributed by atoms with Crippen LogP contribution >= 0.6 is 11.6 Å². The summed E-state index contributed by atoms with van der Waals surface area (Å²) in [6.07, 6.45) is 1.24. The van der Waals surface area contributed by atoms with Gasteiger partial charge in [-0.15, -0.1) is 0 Å². The summed E-state index contributed by atoms with van der Waals surface area (Å²) in [4.78, 5) is 37.1. The van der Waals surface area contributed by atoms with Crippen LogP contribution in [0, 0.1) is 0 Å². The summed E-state index contributed by atoms with van der Waals surface area (Å²) in [6, 6.07) is 7.08. The van der Waals surface area contributed by atoms with Gasteiger partial charge in [0.25, 0.3) is 11.8 Å². The quantitative estimate of drug-likeness (QED) is 0.737. The van der Waals surface area contributed by atoms with Gasteiger partial charge < -0.3 is 9.72 Å². The molecule has 0 aliphatic heterocycles. The van der Waals surface area contributed by atoms with E-state index in [1.54, 1.807) is 12.1 Å². The lowest BCUT2D eigenvalue weighted by Gasteiger charge is -2.10. The summed E-state index contributed by atoms with van der Waals surface area (Å²) in [5.41, 5.74) is 4.51. The van der Waals surface area contributed by atoms with Gasteiger partial charge in [0.1, 0.15) is 5.75 Å². The molecule has 0 saturated carbocycles. The van der Waals surface area contributed by atoms with E-state index in [-0.39, 0.29) is 16.7 Å². The van der Waals surface area contributed by atoms with E-state index in [0.29, 0.717) is 10.8 Å². The first-order valence-corrected chi connectivity index (χ1v) is 6.52. The van der Waals surface area contributed by atoms with Gasteiger partial charge in [0.2, 0.25) is 5.56 Å². The number of carbonyl (C=O) groups excluding carboxylic acids is 2. The van der Waals surface area contributed by atoms with Crippen LogP contribution in [0.15, 0.2) is 41.3 Å². The molecular formula is C14H12ClN3O4. The third-order valence-electron chi connectivity index (χ3n) is 2.74. The van der Waals surface area contributed by atoms with E-state index in [4.69, 9.17) is 16.3 Å². The van der Waals surface area contributed by atoms with Gasteiger partial charge in [0, 0.05) is 17.3 Å². The van der Waals surface area contributed by atoms with Crippen molar-refractivity contribution in [3.63, 3.8) is 0 Å². The van der Waals surface area contributed by atoms with Crippen LogP contribution in [0.1, 0.15) is 20.7 Å². The second-order valence-electron chi connectivity index (χ2n) is 4.19. The number of carbonyl (C=O) groups is 2. The van der Waals surface area contributed by atoms with E-state index in [2.05, 4.69) is 15.8 Å². The first kappa shape index (κ1) is 15.6. The van der Waals surface area contributed by atoms with E-state index in [1.165, 1.54) is 31.5 Å². The lowest BCUT2D eigenvalue weighted by atomic mass is 10.2. The lowest BCUT2D eigenvalue weighted by molar-refractivity contribution is 0.0844. The number of halogens is 1. The average Bonchev–Trinajstić information content (AvgIpc) is 2.53. The lowest BCUT2D eigenvalue weighted by Crippen LogP contribution is -2.41. The van der Waals surface area contributed by atoms with Crippen molar-refractivity contribution in [3.05, 3.63) is 63.0 Å². The number of pyridine rings is 1. The molecule has 2 amide bonds. The smallest absolute Gasteiger partial charge is 0.273 e. The summed E-state index contributed by atoms with van der Waals surface area (Å²) in [5.74, 6) is -0.845. The van der Waals surface area contributed by atoms with Crippen molar-refractivity contribution in [2.24, 2.45) is 0 Å². The highest BCUT2D eigenvalue weighted by molar-refractivity contribution is 6.31. The van der Waals surface area contributed by atoms with Crippen molar-refractivity contribution in [1.82, 2.24) is 15.8 Å². The highest BCUT2D eigenvalue weighted by Gasteiger charge is 2.14. The summed E-state index contributed by atoms with van der Waals surface area (Å²) in [7, 11) is 1.42. The average molecular weight is 322 g/mol. The number of hydrogen-bond acceptors (Lipinski definition) is 4. The first-order valence-electron chi connectivity index (χ1n) is 6.14. The van der Waals surface area contributed by atoms with Crippen LogP contribution in [-0.4, -0.2) is 23.9 Å². The number of benzene rings is 1. The van der Waals surface area contributed by atoms with Gasteiger partial charge in [0.05, 0.1) is 18.2 Å². The molecule has 1 heterocycles. The number of nitrogens with one attached hydrogen (secondary N) is 3. The molecule has 0 radical (unpaired) electrons. The van der Waals surface area contributed by atoms with Gasteiger partial charge >= 0.3 is 0 Å². The molecule has 2 rings (SSSR count). The van der Waals surface area contributed by atoms with Gasteiger partial charge in [-0.1, -0.05) is 11.6 Å². The Morgan fingerprint density at radius 1 is 1.14 bits per heavy atom. The highest BCUT2D eigenvalue weighted by Crippen LogP contribution is 2.22. The number of aromatic nitrogens is 1. The van der Waals surface area contributed by atoms with Crippen molar-refractivity contribution in [1.29, 1.82) is 0 Å². The zero-order chi connectivity index (χ0) is 16.1. The van der Waals surface area contributed by atoms with Gasteiger partial charge in [-0.3, -0.25) is 25.2 Å². The van der Waals surface area contributed by atoms with Crippen molar-refractivity contribution >= 4 is 23.4 Å². The molecule has 0 unspecified atom stereocenters. The van der Waals surface area contributed by atoms with Crippen LogP contribution in [0.5, 0.6) is 5.75 Å². The van der Waals surface area contributed by atoms with Gasteiger partial charge in [-0.05, 0) is 24.3 Å². The molecule has 7 nitrogen and oxygen atoms in total. The molecule has 1 aromatic heterocycles. The van der Waals surface area contributed by atoms with Crippen molar-refractivity contribution in [2.75, 3.05) is 7.11 Å². The number of hydrogen-bond donors (Lipinski definition) is 3. The standard InChI is InChI=1S/C14H12ClN3O4/c1-22-11-4-3-9(15)6-10(11)14(21)18-17-13(20)8-2-5-12(19)16-7-8/h2-7H,1H3,(H,16,19)(H,17,20)(H,18,21). The predicted molar refractivity (Wildman–Crippen MR) is 80.0 cm³/mol. The number of methoxy groups -OCH3 is 1. The molecule has 0 atom stereocenters. The van der Waals surface area contributed by atoms with E-state index in [0.717, 1.165) is 0 Å². The minimum absolute atomic E-state index is 0.178. The molecular weight excluding hydrogens is 310 g/mol. The Morgan fingerprint density at radius 3 is 2.50 bits per heavy atom. The SMILES string of the molecule is COc1ccc(Cl)cc1C(=O)NNC(=O)c1ccc(=O)[nH]c1. The topological polar surface area (TPSA) is 100 Å². The molecule has 0 fully saturated rings. The number of H-pyrrole nitrogens is 1. The Balaban J connectivity index is 2.06. The number of ether oxygens (including phenoxy) is 1. The third kappa shape index (κ3) is 3.64. The number of amides is 2. The zero-order valence-electron chi connectivity index (χ0n) is 11.5. The Labute approximate surface area is 130 Å². The normalized spacial score (nSPS) is 9.91. The van der Waals surface area contributed by atoms with Crippen molar-refractivity contribution < 1.29 is 14.3 Å². The van der Waals surface area contributed by atoms with Crippen LogP contribution in [0.4, 0.5) is 0 Å². The van der Waals surface area contributed by atoms with Crippen LogP contribution in [0.2, 0.25) is 5.02 Å². The van der Waals surface area contributed by atoms with Crippen molar-refractivity contribution in [2.45, 2.75) is 0 Å². The molecule has 8 heteroatoms. The van der Waals surface area contributed by atoms with Gasteiger partial charge in [0.15, 0.2) is 0 Å². The maximum Gasteiger partial charge on any atom is 0.273 e. The molecule has 0 aliphatic carbocycles. The summed E-state index contributed by atoms with van der Waals surface area (Å²) >= 11 is 5.83. The molecule has 114 valence electrons. The highest BCUT2D eigenvalue weighted by atomic mass is 35.5. The molecule has 3 N–H and O–H groups in total. The fourth-order valence-electron chi connectivity index (χ4n) is 1.66. The Kier molecular flexibility index (Phi) is 4.80. The molecule has 1 aromatic carbocycles. The third-order valence-corrected chi connectivity index (χ3v) is 2.98.